The number of carbonyl (C=O) groups excluding carboxylic acids is 2. The van der Waals surface area contributed by atoms with E-state index in [2.05, 4.69) is 0 Å². The van der Waals surface area contributed by atoms with Crippen LogP contribution in [0.1, 0.15) is 92.1 Å². The average Bonchev–Trinajstić information content (AvgIpc) is 3.49. The van der Waals surface area contributed by atoms with Gasteiger partial charge in [0.1, 0.15) is 6.54 Å². The van der Waals surface area contributed by atoms with Crippen LogP contribution in [-0.4, -0.2) is 130 Å². The zero-order valence-corrected chi connectivity index (χ0v) is 38.8. The first-order chi connectivity index (χ1) is 29.0. The lowest BCUT2D eigenvalue weighted by molar-refractivity contribution is -0.437. The summed E-state index contributed by atoms with van der Waals surface area (Å²) in [7, 11) is -19.2. The van der Waals surface area contributed by atoms with Crippen molar-refractivity contribution in [2.45, 2.75) is 71.1 Å². The number of anilines is 1. The topological polar surface area (TPSA) is 327 Å². The molecule has 0 bridgehead atoms. The van der Waals surface area contributed by atoms with Gasteiger partial charge in [-0.3, -0.25) is 9.11 Å². The summed E-state index contributed by atoms with van der Waals surface area (Å²) in [5, 5.41) is 0. The van der Waals surface area contributed by atoms with E-state index in [1.165, 1.54) is 0 Å². The van der Waals surface area contributed by atoms with E-state index < -0.39 is 91.6 Å². The summed E-state index contributed by atoms with van der Waals surface area (Å²) in [6, 6.07) is 10.2. The molecule has 0 amide bonds. The molecule has 4 rings (SSSR count). The van der Waals surface area contributed by atoms with Gasteiger partial charge in [-0.15, -0.1) is 25.3 Å². The van der Waals surface area contributed by atoms with Crippen LogP contribution in [0.2, 0.25) is 0 Å². The molecule has 0 fully saturated rings. The monoisotopic (exact) mass is 984 g/mol. The number of esters is 2. The highest BCUT2D eigenvalue weighted by Gasteiger charge is 2.47. The van der Waals surface area contributed by atoms with Gasteiger partial charge in [0.15, 0.2) is 5.71 Å². The molecular formula is C37H48N2O19S5. The second kappa shape index (κ2) is 22.8. The molecule has 2 aromatic carbocycles. The summed E-state index contributed by atoms with van der Waals surface area (Å²) >= 11 is 0. The van der Waals surface area contributed by atoms with E-state index in [1.807, 2.05) is 56.2 Å². The Kier molecular flexibility index (Phi) is 19.7. The lowest BCUT2D eigenvalue weighted by atomic mass is 9.78. The fourth-order valence-corrected chi connectivity index (χ4v) is 8.70. The van der Waals surface area contributed by atoms with E-state index in [-0.39, 0.29) is 51.1 Å². The van der Waals surface area contributed by atoms with Gasteiger partial charge in [-0.1, -0.05) is 39.0 Å². The van der Waals surface area contributed by atoms with E-state index in [0.29, 0.717) is 45.9 Å². The molecule has 0 radical (unpaired) electrons. The van der Waals surface area contributed by atoms with E-state index in [4.69, 9.17) is 39.3 Å². The third-order valence-electron chi connectivity index (χ3n) is 9.50. The second-order valence-electron chi connectivity index (χ2n) is 14.8. The predicted octanol–water partition coefficient (Wildman–Crippen LogP) is 2.51. The highest BCUT2D eigenvalue weighted by Crippen LogP contribution is 2.50. The third-order valence-corrected chi connectivity index (χ3v) is 11.9. The number of benzene rings is 2. The molecule has 26 heteroatoms. The van der Waals surface area contributed by atoms with Crippen molar-refractivity contribution >= 4 is 80.6 Å². The van der Waals surface area contributed by atoms with Crippen molar-refractivity contribution in [3.63, 3.8) is 0 Å². The summed E-state index contributed by atoms with van der Waals surface area (Å²) < 4.78 is 162. The summed E-state index contributed by atoms with van der Waals surface area (Å²) in [4.78, 5) is 28.4. The smallest absolute Gasteiger partial charge is 0.425 e. The Morgan fingerprint density at radius 2 is 1.25 bits per heavy atom. The zero-order chi connectivity index (χ0) is 48.1. The van der Waals surface area contributed by atoms with Gasteiger partial charge < -0.3 is 18.9 Å². The fraction of sp³-hybridized carbons (Fsp3) is 0.486. The number of nitrogens with zero attached hydrogens (tertiary/aromatic N) is 2. The van der Waals surface area contributed by atoms with Crippen molar-refractivity contribution in [1.82, 2.24) is 0 Å². The lowest BCUT2D eigenvalue weighted by Crippen LogP contribution is -2.30. The van der Waals surface area contributed by atoms with Crippen LogP contribution in [-0.2, 0) is 71.9 Å². The summed E-state index contributed by atoms with van der Waals surface area (Å²) in [6.45, 7) is 9.71. The maximum atomic E-state index is 13.4. The van der Waals surface area contributed by atoms with Crippen LogP contribution in [0.4, 0.5) is 11.4 Å². The van der Waals surface area contributed by atoms with Crippen molar-refractivity contribution < 1.29 is 87.8 Å². The van der Waals surface area contributed by atoms with Gasteiger partial charge >= 0.3 is 33.2 Å². The van der Waals surface area contributed by atoms with Crippen molar-refractivity contribution in [1.29, 1.82) is 0 Å². The average molecular weight is 985 g/mol. The Hall–Kier alpha value is -4.70. The summed E-state index contributed by atoms with van der Waals surface area (Å²) in [5.74, 6) is -2.91. The summed E-state index contributed by atoms with van der Waals surface area (Å²) in [6.07, 6.45) is 5.94. The molecule has 2 aliphatic rings. The predicted molar refractivity (Wildman–Crippen MR) is 225 cm³/mol. The normalized spacial score (nSPS) is 15.7. The molecule has 0 aliphatic carbocycles. The Balaban J connectivity index is 0.00000157. The first-order valence-corrected chi connectivity index (χ1v) is 25.6. The van der Waals surface area contributed by atoms with E-state index in [9.17, 15) is 43.9 Å². The number of carbonyl (C=O) groups is 2. The maximum Gasteiger partial charge on any atom is 0.425 e. The molecular weight excluding hydrogens is 937 g/mol. The van der Waals surface area contributed by atoms with Gasteiger partial charge in [0.2, 0.25) is 5.69 Å². The molecule has 0 spiro atoms. The van der Waals surface area contributed by atoms with Crippen molar-refractivity contribution in [2.75, 3.05) is 48.5 Å². The van der Waals surface area contributed by atoms with Crippen LogP contribution in [0, 0.1) is 0 Å². The first-order valence-electron chi connectivity index (χ1n) is 18.8. The van der Waals surface area contributed by atoms with Crippen LogP contribution in [0.15, 0.2) is 60.3 Å². The quantitative estimate of drug-likeness (QED) is 0.0938. The second-order valence-corrected chi connectivity index (χ2v) is 20.3. The van der Waals surface area contributed by atoms with Crippen LogP contribution in [0.5, 0.6) is 0 Å². The Morgan fingerprint density at radius 3 is 1.78 bits per heavy atom. The molecule has 21 nitrogen and oxygen atoms in total. The van der Waals surface area contributed by atoms with Crippen molar-refractivity contribution in [2.24, 2.45) is 0 Å². The molecule has 0 unspecified atom stereocenters. The van der Waals surface area contributed by atoms with Gasteiger partial charge in [-0.2, -0.15) is 21.4 Å². The highest BCUT2D eigenvalue weighted by molar-refractivity contribution is 7.86. The van der Waals surface area contributed by atoms with E-state index in [0.717, 1.165) is 0 Å². The molecule has 0 aromatic heterocycles. The van der Waals surface area contributed by atoms with E-state index >= 15 is 0 Å². The maximum absolute atomic E-state index is 13.4. The van der Waals surface area contributed by atoms with Crippen LogP contribution in [0.25, 0.3) is 0 Å². The number of allylic oxidation sites excluding steroid dienone is 4. The molecule has 0 saturated heterocycles. The van der Waals surface area contributed by atoms with Crippen LogP contribution < -0.4 is 4.90 Å². The summed E-state index contributed by atoms with van der Waals surface area (Å²) in [5.41, 5.74) is 2.69. The number of hydrogen-bond donors (Lipinski definition) is 2. The largest absolute Gasteiger partial charge is 0.748 e. The SMILES string of the molecule is CCCOC(=O)c1cccc2c1C(C)(C)C(/C=C/C=C1/N(CCCS(=O)(=O)O)c3cccc(C(=O)OCCCS(=O)(=O)O)c3C1(C)C)=[N+]2CCCS(=O)(=O)[O-].O=S(=O)=O.O=S(=O)=O. The molecule has 2 aliphatic heterocycles. The minimum Gasteiger partial charge on any atom is -0.748 e. The lowest BCUT2D eigenvalue weighted by Gasteiger charge is -2.27. The Bertz CT molecular complexity index is 2670. The molecule has 2 aromatic rings. The minimum atomic E-state index is -4.50. The molecule has 63 heavy (non-hydrogen) atoms. The number of hydrogen-bond acceptors (Lipinski definition) is 18. The number of ether oxygens (including phenoxy) is 2. The third kappa shape index (κ3) is 16.4. The molecule has 0 saturated carbocycles. The molecule has 2 N–H and O–H groups in total. The minimum absolute atomic E-state index is 0.0167. The van der Waals surface area contributed by atoms with Crippen molar-refractivity contribution in [3.05, 3.63) is 82.6 Å². The Labute approximate surface area is 368 Å². The molecule has 350 valence electrons. The zero-order valence-electron chi connectivity index (χ0n) is 34.7. The van der Waals surface area contributed by atoms with Gasteiger partial charge in [-0.05, 0) is 57.4 Å². The standard InChI is InChI=1S/C37H48N2O13S3.2O3S/c1-6-21-51-34(40)26-13-7-15-28-32(26)36(2,3)30(38(28)19-10-23-53(42,43)44)17-9-18-31-37(4,5)33-27(35(41)52-22-12-25-55(48,49)50)14-8-16-29(33)39(31)20-11-24-54(45,46)47;2*1-4(2)3/h7-9,13-18H,6,10-12,19-25H2,1-5H3,(H2-,42,43,44,45,46,47,48,49,50);;. The van der Waals surface area contributed by atoms with Gasteiger partial charge in [0.05, 0.1) is 56.9 Å². The van der Waals surface area contributed by atoms with Crippen molar-refractivity contribution in [3.8, 4) is 0 Å². The van der Waals surface area contributed by atoms with Crippen LogP contribution in [0.3, 0.4) is 0 Å². The highest BCUT2D eigenvalue weighted by atomic mass is 32.2. The molecule has 2 heterocycles. The Morgan fingerprint density at radius 1 is 0.746 bits per heavy atom. The first kappa shape index (κ1) is 54.4. The molecule has 0 atom stereocenters. The fourth-order valence-electron chi connectivity index (χ4n) is 7.24. The number of fused-ring (bicyclic) bond motifs is 2. The number of rotatable bonds is 18. The van der Waals surface area contributed by atoms with Gasteiger partial charge in [0.25, 0.3) is 20.2 Å². The van der Waals surface area contributed by atoms with E-state index in [1.54, 1.807) is 42.5 Å². The van der Waals surface area contributed by atoms with Crippen LogP contribution >= 0.6 is 0 Å². The van der Waals surface area contributed by atoms with Gasteiger partial charge in [-0.25, -0.2) is 18.0 Å². The van der Waals surface area contributed by atoms with Gasteiger partial charge in [0, 0.05) is 53.2 Å².